The maximum atomic E-state index is 12.3. The lowest BCUT2D eigenvalue weighted by molar-refractivity contribution is -0.130. The minimum Gasteiger partial charge on any atom is -0.342 e. The van der Waals surface area contributed by atoms with Gasteiger partial charge >= 0.3 is 0 Å². The van der Waals surface area contributed by atoms with E-state index < -0.39 is 0 Å². The van der Waals surface area contributed by atoms with Crippen LogP contribution in [0.5, 0.6) is 0 Å². The summed E-state index contributed by atoms with van der Waals surface area (Å²) in [5.74, 6) is 0.227. The van der Waals surface area contributed by atoms with Gasteiger partial charge < -0.3 is 9.47 Å². The maximum absolute atomic E-state index is 12.3. The van der Waals surface area contributed by atoms with Crippen LogP contribution < -0.4 is 0 Å². The van der Waals surface area contributed by atoms with E-state index in [4.69, 9.17) is 0 Å². The average Bonchev–Trinajstić information content (AvgIpc) is 2.63. The number of carbonyl (C=O) groups is 1. The zero-order chi connectivity index (χ0) is 13.0. The summed E-state index contributed by atoms with van der Waals surface area (Å²) < 4.78 is 1.84. The topological polar surface area (TPSA) is 51.0 Å². The van der Waals surface area contributed by atoms with Crippen molar-refractivity contribution in [3.05, 3.63) is 6.33 Å². The lowest BCUT2D eigenvalue weighted by Gasteiger charge is -2.23. The van der Waals surface area contributed by atoms with Gasteiger partial charge in [0.2, 0.25) is 5.91 Å². The monoisotopic (exact) mass is 268 g/mol. The number of hydrogen-bond acceptors (Lipinski definition) is 4. The molecule has 1 aromatic rings. The van der Waals surface area contributed by atoms with Crippen molar-refractivity contribution in [2.45, 2.75) is 43.0 Å². The van der Waals surface area contributed by atoms with Crippen LogP contribution >= 0.6 is 11.8 Å². The van der Waals surface area contributed by atoms with Gasteiger partial charge in [-0.3, -0.25) is 4.79 Å². The van der Waals surface area contributed by atoms with Crippen molar-refractivity contribution in [3.8, 4) is 0 Å². The van der Waals surface area contributed by atoms with Gasteiger partial charge in [-0.25, -0.2) is 0 Å². The van der Waals surface area contributed by atoms with Gasteiger partial charge in [0.05, 0.1) is 5.25 Å². The molecular weight excluding hydrogens is 248 g/mol. The van der Waals surface area contributed by atoms with Crippen molar-refractivity contribution >= 4 is 17.7 Å². The Labute approximate surface area is 112 Å². The van der Waals surface area contributed by atoms with Crippen LogP contribution in [0.2, 0.25) is 0 Å². The molecule has 1 saturated heterocycles. The predicted octanol–water partition coefficient (Wildman–Crippen LogP) is 1.70. The van der Waals surface area contributed by atoms with E-state index in [1.807, 2.05) is 23.4 Å². The highest BCUT2D eigenvalue weighted by Crippen LogP contribution is 2.22. The van der Waals surface area contributed by atoms with Gasteiger partial charge in [-0.15, -0.1) is 10.2 Å². The van der Waals surface area contributed by atoms with Crippen molar-refractivity contribution in [1.29, 1.82) is 0 Å². The predicted molar refractivity (Wildman–Crippen MR) is 71.4 cm³/mol. The van der Waals surface area contributed by atoms with Crippen LogP contribution in [-0.4, -0.2) is 43.9 Å². The number of hydrogen-bond donors (Lipinski definition) is 0. The second-order valence-electron chi connectivity index (χ2n) is 4.72. The summed E-state index contributed by atoms with van der Waals surface area (Å²) in [6.45, 7) is 3.76. The number of likely N-dealkylation sites (tertiary alicyclic amines) is 1. The second kappa shape index (κ2) is 6.22. The molecule has 100 valence electrons. The summed E-state index contributed by atoms with van der Waals surface area (Å²) in [7, 11) is 1.89. The van der Waals surface area contributed by atoms with E-state index in [1.54, 1.807) is 6.33 Å². The highest BCUT2D eigenvalue weighted by Gasteiger charge is 2.23. The first-order chi connectivity index (χ1) is 8.68. The molecule has 0 bridgehead atoms. The molecule has 6 heteroatoms. The highest BCUT2D eigenvalue weighted by molar-refractivity contribution is 8.00. The van der Waals surface area contributed by atoms with Crippen molar-refractivity contribution in [1.82, 2.24) is 19.7 Å². The molecule has 1 aliphatic rings. The van der Waals surface area contributed by atoms with E-state index in [9.17, 15) is 4.79 Å². The number of carbonyl (C=O) groups excluding carboxylic acids is 1. The summed E-state index contributed by atoms with van der Waals surface area (Å²) in [6, 6.07) is 0. The van der Waals surface area contributed by atoms with Crippen LogP contribution in [0.4, 0.5) is 0 Å². The molecule has 1 atom stereocenters. The molecular formula is C12H20N4OS. The minimum atomic E-state index is -0.0917. The first kappa shape index (κ1) is 13.4. The van der Waals surface area contributed by atoms with E-state index in [0.29, 0.717) is 0 Å². The van der Waals surface area contributed by atoms with Crippen LogP contribution in [-0.2, 0) is 11.8 Å². The fraction of sp³-hybridized carbons (Fsp3) is 0.750. The molecule has 5 nitrogen and oxygen atoms in total. The van der Waals surface area contributed by atoms with Gasteiger partial charge in [-0.05, 0) is 19.8 Å². The zero-order valence-electron chi connectivity index (χ0n) is 11.0. The third-order valence-corrected chi connectivity index (χ3v) is 4.35. The minimum absolute atomic E-state index is 0.0917. The molecule has 2 rings (SSSR count). The largest absolute Gasteiger partial charge is 0.342 e. The Balaban J connectivity index is 1.93. The van der Waals surface area contributed by atoms with Crippen molar-refractivity contribution in [3.63, 3.8) is 0 Å². The number of nitrogens with zero attached hydrogens (tertiary/aromatic N) is 4. The maximum Gasteiger partial charge on any atom is 0.235 e. The fourth-order valence-corrected chi connectivity index (χ4v) is 3.01. The van der Waals surface area contributed by atoms with E-state index in [-0.39, 0.29) is 11.2 Å². The molecule has 1 aliphatic heterocycles. The number of thioether (sulfide) groups is 1. The third-order valence-electron chi connectivity index (χ3n) is 3.22. The number of aryl methyl sites for hydroxylation is 1. The molecule has 1 amide bonds. The summed E-state index contributed by atoms with van der Waals surface area (Å²) in [5.41, 5.74) is 0. The SMILES string of the molecule is CC(Sc1nncn1C)C(=O)N1CCCCCC1. The Hall–Kier alpha value is -1.04. The molecule has 0 saturated carbocycles. The lowest BCUT2D eigenvalue weighted by Crippen LogP contribution is -2.37. The van der Waals surface area contributed by atoms with E-state index in [2.05, 4.69) is 10.2 Å². The Morgan fingerprint density at radius 3 is 2.56 bits per heavy atom. The summed E-state index contributed by atoms with van der Waals surface area (Å²) in [6.07, 6.45) is 6.41. The van der Waals surface area contributed by atoms with Crippen LogP contribution in [0.3, 0.4) is 0 Å². The van der Waals surface area contributed by atoms with Crippen LogP contribution in [0.15, 0.2) is 11.5 Å². The van der Waals surface area contributed by atoms with Crippen molar-refractivity contribution < 1.29 is 4.79 Å². The molecule has 1 fully saturated rings. The van der Waals surface area contributed by atoms with Gasteiger partial charge in [0.25, 0.3) is 0 Å². The first-order valence-corrected chi connectivity index (χ1v) is 7.36. The van der Waals surface area contributed by atoms with Gasteiger partial charge in [0.15, 0.2) is 5.16 Å². The molecule has 0 spiro atoms. The number of amides is 1. The smallest absolute Gasteiger partial charge is 0.235 e. The van der Waals surface area contributed by atoms with E-state index in [0.717, 1.165) is 31.1 Å². The molecule has 2 heterocycles. The zero-order valence-corrected chi connectivity index (χ0v) is 11.8. The first-order valence-electron chi connectivity index (χ1n) is 6.48. The average molecular weight is 268 g/mol. The van der Waals surface area contributed by atoms with Crippen molar-refractivity contribution in [2.75, 3.05) is 13.1 Å². The summed E-state index contributed by atoms with van der Waals surface area (Å²) in [5, 5.41) is 8.54. The lowest BCUT2D eigenvalue weighted by atomic mass is 10.2. The fourth-order valence-electron chi connectivity index (χ4n) is 2.14. The third kappa shape index (κ3) is 3.25. The highest BCUT2D eigenvalue weighted by atomic mass is 32.2. The van der Waals surface area contributed by atoms with E-state index in [1.165, 1.54) is 24.6 Å². The summed E-state index contributed by atoms with van der Waals surface area (Å²) >= 11 is 1.48. The summed E-state index contributed by atoms with van der Waals surface area (Å²) in [4.78, 5) is 14.3. The quantitative estimate of drug-likeness (QED) is 0.783. The number of aromatic nitrogens is 3. The molecule has 0 aliphatic carbocycles. The molecule has 0 radical (unpaired) electrons. The van der Waals surface area contributed by atoms with Gasteiger partial charge in [0, 0.05) is 20.1 Å². The standard InChI is InChI=1S/C12H20N4OS/c1-10(18-12-14-13-9-15(12)2)11(17)16-7-5-3-4-6-8-16/h9-10H,3-8H2,1-2H3. The Morgan fingerprint density at radius 2 is 2.00 bits per heavy atom. The molecule has 1 unspecified atom stereocenters. The molecule has 0 aromatic carbocycles. The van der Waals surface area contributed by atoms with Gasteiger partial charge in [-0.2, -0.15) is 0 Å². The Morgan fingerprint density at radius 1 is 1.33 bits per heavy atom. The normalized spacial score (nSPS) is 18.4. The van der Waals surface area contributed by atoms with Gasteiger partial charge in [0.1, 0.15) is 6.33 Å². The van der Waals surface area contributed by atoms with E-state index >= 15 is 0 Å². The van der Waals surface area contributed by atoms with Gasteiger partial charge in [-0.1, -0.05) is 24.6 Å². The van der Waals surface area contributed by atoms with Crippen LogP contribution in [0.25, 0.3) is 0 Å². The second-order valence-corrected chi connectivity index (χ2v) is 6.03. The Kier molecular flexibility index (Phi) is 4.63. The molecule has 1 aromatic heterocycles. The van der Waals surface area contributed by atoms with Crippen LogP contribution in [0.1, 0.15) is 32.6 Å². The molecule has 18 heavy (non-hydrogen) atoms. The Bertz CT molecular complexity index is 399. The van der Waals surface area contributed by atoms with Crippen molar-refractivity contribution in [2.24, 2.45) is 7.05 Å². The van der Waals surface area contributed by atoms with Crippen LogP contribution in [0, 0.1) is 0 Å². The molecule has 0 N–H and O–H groups in total. The number of rotatable bonds is 3.